The molecule has 0 aromatic heterocycles. The minimum absolute atomic E-state index is 0.0512. The summed E-state index contributed by atoms with van der Waals surface area (Å²) in [4.78, 5) is 11.0. The third-order valence-corrected chi connectivity index (χ3v) is 3.36. The molecule has 1 aliphatic rings. The number of hydrogen-bond acceptors (Lipinski definition) is 3. The first-order valence-corrected chi connectivity index (χ1v) is 5.77. The van der Waals surface area contributed by atoms with E-state index < -0.39 is 10.0 Å². The Morgan fingerprint density at radius 2 is 2.00 bits per heavy atom. The lowest BCUT2D eigenvalue weighted by atomic mass is 9.96. The van der Waals surface area contributed by atoms with Crippen LogP contribution in [-0.2, 0) is 14.8 Å². The lowest BCUT2D eigenvalue weighted by Crippen LogP contribution is -2.52. The quantitative estimate of drug-likeness (QED) is 0.623. The summed E-state index contributed by atoms with van der Waals surface area (Å²) in [6, 6.07) is 0. The smallest absolute Gasteiger partial charge is 0.211 e. The fraction of sp³-hybridized carbons (Fsp3) is 0.857. The molecule has 0 aliphatic carbocycles. The van der Waals surface area contributed by atoms with Gasteiger partial charge in [-0.1, -0.05) is 6.92 Å². The van der Waals surface area contributed by atoms with Gasteiger partial charge in [0.25, 0.3) is 0 Å². The van der Waals surface area contributed by atoms with E-state index >= 15 is 0 Å². The molecule has 1 rings (SSSR count). The molecule has 0 aromatic carbocycles. The van der Waals surface area contributed by atoms with Crippen LogP contribution in [0.4, 0.5) is 0 Å². The first kappa shape index (κ1) is 9.67. The zero-order valence-corrected chi connectivity index (χ0v) is 8.10. The molecule has 1 aliphatic heterocycles. The van der Waals surface area contributed by atoms with Crippen LogP contribution in [0.3, 0.4) is 0 Å². The van der Waals surface area contributed by atoms with Crippen molar-refractivity contribution in [3.05, 3.63) is 0 Å². The molecule has 0 spiro atoms. The second-order valence-electron chi connectivity index (χ2n) is 3.10. The zero-order chi connectivity index (χ0) is 9.35. The van der Waals surface area contributed by atoms with E-state index in [1.165, 1.54) is 10.6 Å². The van der Waals surface area contributed by atoms with Crippen molar-refractivity contribution >= 4 is 15.8 Å². The molecule has 12 heavy (non-hydrogen) atoms. The van der Waals surface area contributed by atoms with E-state index in [1.807, 2.05) is 0 Å². The highest BCUT2D eigenvalue weighted by Gasteiger charge is 2.36. The van der Waals surface area contributed by atoms with Gasteiger partial charge in [0.1, 0.15) is 5.78 Å². The van der Waals surface area contributed by atoms with E-state index in [4.69, 9.17) is 0 Å². The van der Waals surface area contributed by atoms with Crippen LogP contribution in [0.2, 0.25) is 0 Å². The summed E-state index contributed by atoms with van der Waals surface area (Å²) in [6.07, 6.45) is 1.67. The first-order valence-electron chi connectivity index (χ1n) is 3.93. The molecular weight excluding hydrogens is 178 g/mol. The fourth-order valence-electron chi connectivity index (χ4n) is 1.20. The highest BCUT2D eigenvalue weighted by molar-refractivity contribution is 7.88. The molecule has 0 aromatic rings. The maximum atomic E-state index is 11.0. The molecule has 0 amide bonds. The second-order valence-corrected chi connectivity index (χ2v) is 5.08. The number of rotatable bonds is 3. The van der Waals surface area contributed by atoms with Gasteiger partial charge in [-0.15, -0.1) is 0 Å². The van der Waals surface area contributed by atoms with Gasteiger partial charge in [-0.25, -0.2) is 12.7 Å². The molecule has 0 unspecified atom stereocenters. The molecule has 1 fully saturated rings. The van der Waals surface area contributed by atoms with E-state index in [1.54, 1.807) is 6.92 Å². The number of hydrogen-bond donors (Lipinski definition) is 0. The van der Waals surface area contributed by atoms with Crippen molar-refractivity contribution in [2.75, 3.05) is 19.3 Å². The highest BCUT2D eigenvalue weighted by atomic mass is 32.2. The van der Waals surface area contributed by atoms with Gasteiger partial charge in [-0.3, -0.25) is 4.79 Å². The van der Waals surface area contributed by atoms with Gasteiger partial charge in [0.05, 0.1) is 6.26 Å². The SMILES string of the molecule is CCC(=O)C1CN(S(C)(=O)=O)C1. The van der Waals surface area contributed by atoms with Gasteiger partial charge in [-0.2, -0.15) is 0 Å². The fourth-order valence-corrected chi connectivity index (χ4v) is 2.10. The van der Waals surface area contributed by atoms with Gasteiger partial charge in [-0.05, 0) is 0 Å². The first-order chi connectivity index (χ1) is 5.45. The summed E-state index contributed by atoms with van der Waals surface area (Å²) in [5.74, 6) is 0.111. The Balaban J connectivity index is 2.44. The van der Waals surface area contributed by atoms with Crippen LogP contribution < -0.4 is 0 Å². The van der Waals surface area contributed by atoms with Crippen LogP contribution in [0.5, 0.6) is 0 Å². The highest BCUT2D eigenvalue weighted by Crippen LogP contribution is 2.20. The Labute approximate surface area is 72.6 Å². The van der Waals surface area contributed by atoms with Crippen molar-refractivity contribution in [3.8, 4) is 0 Å². The molecule has 0 N–H and O–H groups in total. The Hall–Kier alpha value is -0.420. The number of Topliss-reactive ketones (excluding diaryl/α,β-unsaturated/α-hetero) is 1. The second kappa shape index (κ2) is 3.14. The molecule has 1 saturated heterocycles. The summed E-state index contributed by atoms with van der Waals surface area (Å²) in [5.41, 5.74) is 0. The monoisotopic (exact) mass is 191 g/mol. The molecule has 0 saturated carbocycles. The van der Waals surface area contributed by atoms with E-state index in [0.29, 0.717) is 19.5 Å². The molecule has 5 heteroatoms. The number of carbonyl (C=O) groups excluding carboxylic acids is 1. The average Bonchev–Trinajstić information content (AvgIpc) is 1.80. The third kappa shape index (κ3) is 1.84. The predicted molar refractivity (Wildman–Crippen MR) is 45.2 cm³/mol. The van der Waals surface area contributed by atoms with Crippen molar-refractivity contribution < 1.29 is 13.2 Å². The molecule has 70 valence electrons. The lowest BCUT2D eigenvalue weighted by molar-refractivity contribution is -0.125. The van der Waals surface area contributed by atoms with Crippen LogP contribution >= 0.6 is 0 Å². The molecule has 1 heterocycles. The summed E-state index contributed by atoms with van der Waals surface area (Å²) in [5, 5.41) is 0. The van der Waals surface area contributed by atoms with Gasteiger partial charge in [0, 0.05) is 25.4 Å². The van der Waals surface area contributed by atoms with Crippen molar-refractivity contribution in [2.45, 2.75) is 13.3 Å². The summed E-state index contributed by atoms with van der Waals surface area (Å²) >= 11 is 0. The number of sulfonamides is 1. The normalized spacial score (nSPS) is 20.5. The molecule has 0 atom stereocenters. The standard InChI is InChI=1S/C7H13NO3S/c1-3-7(9)6-4-8(5-6)12(2,10)11/h6H,3-5H2,1-2H3. The van der Waals surface area contributed by atoms with E-state index in [9.17, 15) is 13.2 Å². The minimum Gasteiger partial charge on any atom is -0.299 e. The van der Waals surface area contributed by atoms with E-state index in [0.717, 1.165) is 0 Å². The minimum atomic E-state index is -3.06. The topological polar surface area (TPSA) is 54.5 Å². The van der Waals surface area contributed by atoms with Crippen molar-refractivity contribution in [3.63, 3.8) is 0 Å². The molecule has 0 bridgehead atoms. The maximum absolute atomic E-state index is 11.0. The summed E-state index contributed by atoms with van der Waals surface area (Å²) < 4.78 is 23.1. The number of carbonyl (C=O) groups is 1. The summed E-state index contributed by atoms with van der Waals surface area (Å²) in [7, 11) is -3.06. The molecular formula is C7H13NO3S. The number of nitrogens with zero attached hydrogens (tertiary/aromatic N) is 1. The van der Waals surface area contributed by atoms with Gasteiger partial charge < -0.3 is 0 Å². The van der Waals surface area contributed by atoms with E-state index in [-0.39, 0.29) is 11.7 Å². The maximum Gasteiger partial charge on any atom is 0.211 e. The van der Waals surface area contributed by atoms with Gasteiger partial charge in [0.2, 0.25) is 10.0 Å². The van der Waals surface area contributed by atoms with Crippen molar-refractivity contribution in [1.29, 1.82) is 0 Å². The Bertz CT molecular complexity index is 277. The van der Waals surface area contributed by atoms with Crippen LogP contribution in [0.15, 0.2) is 0 Å². The van der Waals surface area contributed by atoms with Crippen LogP contribution in [0.25, 0.3) is 0 Å². The average molecular weight is 191 g/mol. The summed E-state index contributed by atoms with van der Waals surface area (Å²) in [6.45, 7) is 2.56. The number of ketones is 1. The van der Waals surface area contributed by atoms with Crippen LogP contribution in [0.1, 0.15) is 13.3 Å². The van der Waals surface area contributed by atoms with Gasteiger partial charge >= 0.3 is 0 Å². The third-order valence-electron chi connectivity index (χ3n) is 2.12. The van der Waals surface area contributed by atoms with E-state index in [2.05, 4.69) is 0 Å². The Kier molecular flexibility index (Phi) is 2.53. The largest absolute Gasteiger partial charge is 0.299 e. The predicted octanol–water partition coefficient (Wildman–Crippen LogP) is -0.143. The van der Waals surface area contributed by atoms with Crippen LogP contribution in [0, 0.1) is 5.92 Å². The lowest BCUT2D eigenvalue weighted by Gasteiger charge is -2.35. The molecule has 0 radical (unpaired) electrons. The van der Waals surface area contributed by atoms with Crippen molar-refractivity contribution in [2.24, 2.45) is 5.92 Å². The Morgan fingerprint density at radius 3 is 2.33 bits per heavy atom. The van der Waals surface area contributed by atoms with Crippen LogP contribution in [-0.4, -0.2) is 37.9 Å². The Morgan fingerprint density at radius 1 is 1.50 bits per heavy atom. The molecule has 4 nitrogen and oxygen atoms in total. The van der Waals surface area contributed by atoms with Crippen molar-refractivity contribution in [1.82, 2.24) is 4.31 Å². The van der Waals surface area contributed by atoms with Gasteiger partial charge in [0.15, 0.2) is 0 Å². The zero-order valence-electron chi connectivity index (χ0n) is 7.28.